The minimum absolute atomic E-state index is 0.116. The van der Waals surface area contributed by atoms with Crippen LogP contribution >= 0.6 is 0 Å². The average Bonchev–Trinajstić information content (AvgIpc) is 3.52. The van der Waals surface area contributed by atoms with Gasteiger partial charge in [0.15, 0.2) is 0 Å². The Balaban J connectivity index is 1.34. The third-order valence-corrected chi connectivity index (χ3v) is 7.15. The van der Waals surface area contributed by atoms with Crippen LogP contribution in [0.3, 0.4) is 0 Å². The number of carbonyl (C=O) groups is 3. The van der Waals surface area contributed by atoms with Crippen LogP contribution < -0.4 is 19.7 Å². The van der Waals surface area contributed by atoms with Gasteiger partial charge in [0.1, 0.15) is 18.0 Å². The molecule has 9 nitrogen and oxygen atoms in total. The second-order valence-electron chi connectivity index (χ2n) is 9.09. The Hall–Kier alpha value is -3.07. The Morgan fingerprint density at radius 3 is 2.24 bits per heavy atom. The van der Waals surface area contributed by atoms with Crippen LogP contribution in [-0.2, 0) is 19.1 Å². The molecule has 2 heterocycles. The molecule has 1 N–H and O–H groups in total. The number of fused-ring (bicyclic) bond motifs is 5. The molecule has 34 heavy (non-hydrogen) atoms. The molecule has 9 heteroatoms. The lowest BCUT2D eigenvalue weighted by atomic mass is 9.85. The summed E-state index contributed by atoms with van der Waals surface area (Å²) in [5.41, 5.74) is 1.33. The minimum Gasteiger partial charge on any atom is -0.492 e. The number of ether oxygens (including phenoxy) is 3. The molecule has 0 aromatic heterocycles. The summed E-state index contributed by atoms with van der Waals surface area (Å²) in [6.07, 6.45) is 4.95. The molecule has 3 fully saturated rings. The Kier molecular flexibility index (Phi) is 6.20. The number of morpholine rings is 1. The van der Waals surface area contributed by atoms with E-state index < -0.39 is 5.91 Å². The van der Waals surface area contributed by atoms with Crippen molar-refractivity contribution in [3.05, 3.63) is 24.3 Å². The van der Waals surface area contributed by atoms with Gasteiger partial charge < -0.3 is 24.4 Å². The molecule has 2 aliphatic heterocycles. The van der Waals surface area contributed by atoms with Gasteiger partial charge in [0.05, 0.1) is 49.6 Å². The molecule has 1 saturated carbocycles. The van der Waals surface area contributed by atoms with Crippen LogP contribution in [0.15, 0.2) is 24.3 Å². The lowest BCUT2D eigenvalue weighted by molar-refractivity contribution is -0.143. The van der Waals surface area contributed by atoms with Crippen molar-refractivity contribution in [2.45, 2.75) is 20.3 Å². The highest BCUT2D eigenvalue weighted by molar-refractivity contribution is 6.09. The number of hydrogen-bond acceptors (Lipinski definition) is 7. The quantitative estimate of drug-likeness (QED) is 0.460. The van der Waals surface area contributed by atoms with Crippen LogP contribution in [-0.4, -0.2) is 68.7 Å². The van der Waals surface area contributed by atoms with E-state index in [0.717, 1.165) is 30.1 Å². The third-order valence-electron chi connectivity index (χ3n) is 7.15. The second-order valence-corrected chi connectivity index (χ2v) is 9.09. The Morgan fingerprint density at radius 1 is 1.00 bits per heavy atom. The predicted octanol–water partition coefficient (Wildman–Crippen LogP) is 2.07. The molecule has 3 amide bonds. The summed E-state index contributed by atoms with van der Waals surface area (Å²) >= 11 is 0. The maximum atomic E-state index is 13.0. The van der Waals surface area contributed by atoms with E-state index in [1.54, 1.807) is 6.07 Å². The predicted molar refractivity (Wildman–Crippen MR) is 125 cm³/mol. The number of anilines is 2. The number of rotatable bonds is 8. The van der Waals surface area contributed by atoms with Gasteiger partial charge in [0.25, 0.3) is 0 Å². The zero-order valence-corrected chi connectivity index (χ0v) is 19.6. The van der Waals surface area contributed by atoms with Crippen molar-refractivity contribution in [3.63, 3.8) is 0 Å². The molecule has 1 aromatic rings. The number of amides is 3. The van der Waals surface area contributed by atoms with E-state index >= 15 is 0 Å². The molecule has 1 aromatic carbocycles. The molecule has 0 spiro atoms. The van der Waals surface area contributed by atoms with Crippen molar-refractivity contribution in [3.8, 4) is 11.5 Å². The molecule has 4 atom stereocenters. The molecule has 182 valence electrons. The van der Waals surface area contributed by atoms with Crippen molar-refractivity contribution in [1.29, 1.82) is 0 Å². The lowest BCUT2D eigenvalue weighted by Crippen LogP contribution is -2.39. The summed E-state index contributed by atoms with van der Waals surface area (Å²) in [5, 5.41) is 2.85. The molecular weight excluding hydrogens is 438 g/mol. The molecule has 0 unspecified atom stereocenters. The summed E-state index contributed by atoms with van der Waals surface area (Å²) in [4.78, 5) is 42.1. The first-order valence-electron chi connectivity index (χ1n) is 12.1. The third kappa shape index (κ3) is 3.91. The molecule has 2 bridgehead atoms. The second kappa shape index (κ2) is 9.29. The minimum atomic E-state index is -0.440. The maximum Gasteiger partial charge on any atom is 0.244 e. The van der Waals surface area contributed by atoms with Gasteiger partial charge in [-0.2, -0.15) is 0 Å². The fourth-order valence-corrected chi connectivity index (χ4v) is 5.70. The van der Waals surface area contributed by atoms with E-state index in [0.29, 0.717) is 43.6 Å². The van der Waals surface area contributed by atoms with Crippen LogP contribution in [0, 0.1) is 23.7 Å². The zero-order valence-electron chi connectivity index (χ0n) is 19.6. The summed E-state index contributed by atoms with van der Waals surface area (Å²) < 4.78 is 17.2. The number of likely N-dealkylation sites (tertiary alicyclic amines) is 1. The van der Waals surface area contributed by atoms with Crippen molar-refractivity contribution in [2.75, 3.05) is 56.3 Å². The zero-order chi connectivity index (χ0) is 23.8. The molecule has 5 rings (SSSR count). The van der Waals surface area contributed by atoms with Gasteiger partial charge in [-0.05, 0) is 32.1 Å². The normalized spacial score (nSPS) is 27.4. The highest BCUT2D eigenvalue weighted by Crippen LogP contribution is 2.52. The van der Waals surface area contributed by atoms with E-state index in [4.69, 9.17) is 14.2 Å². The Labute approximate surface area is 199 Å². The van der Waals surface area contributed by atoms with Crippen LogP contribution in [0.4, 0.5) is 11.4 Å². The summed E-state index contributed by atoms with van der Waals surface area (Å²) in [6, 6.07) is 3.62. The van der Waals surface area contributed by atoms with Gasteiger partial charge in [0, 0.05) is 25.2 Å². The van der Waals surface area contributed by atoms with Gasteiger partial charge in [-0.1, -0.05) is 12.2 Å². The van der Waals surface area contributed by atoms with Crippen LogP contribution in [0.1, 0.15) is 20.3 Å². The topological polar surface area (TPSA) is 97.4 Å². The average molecular weight is 470 g/mol. The lowest BCUT2D eigenvalue weighted by Gasteiger charge is -2.31. The molecular formula is C25H31N3O6. The first-order chi connectivity index (χ1) is 16.5. The van der Waals surface area contributed by atoms with Crippen LogP contribution in [0.2, 0.25) is 0 Å². The fraction of sp³-hybridized carbons (Fsp3) is 0.560. The highest BCUT2D eigenvalue weighted by atomic mass is 16.5. The van der Waals surface area contributed by atoms with Crippen molar-refractivity contribution >= 4 is 29.1 Å². The van der Waals surface area contributed by atoms with Gasteiger partial charge in [-0.15, -0.1) is 0 Å². The smallest absolute Gasteiger partial charge is 0.244 e. The summed E-state index contributed by atoms with van der Waals surface area (Å²) in [5.74, 6) is -0.152. The first-order valence-corrected chi connectivity index (χ1v) is 12.1. The van der Waals surface area contributed by atoms with Crippen molar-refractivity contribution in [1.82, 2.24) is 4.90 Å². The van der Waals surface area contributed by atoms with Crippen molar-refractivity contribution < 1.29 is 28.6 Å². The van der Waals surface area contributed by atoms with Gasteiger partial charge in [0.2, 0.25) is 17.7 Å². The Morgan fingerprint density at radius 2 is 1.62 bits per heavy atom. The molecule has 0 radical (unpaired) electrons. The van der Waals surface area contributed by atoms with E-state index in [1.807, 2.05) is 32.1 Å². The standard InChI is InChI=1S/C25H31N3O6/c1-3-33-19-13-18(27-7-9-32-10-8-27)20(34-4-2)12-17(19)26-21(29)14-28-24(30)22-15-5-6-16(11-15)23(22)25(28)31/h5-6,12-13,15-16,22-23H,3-4,7-11,14H2,1-2H3,(H,26,29)/t15-,16+,22+,23-. The van der Waals surface area contributed by atoms with E-state index in [9.17, 15) is 14.4 Å². The number of imide groups is 1. The SMILES string of the molecule is CCOc1cc(N2CCOCC2)c(OCC)cc1NC(=O)CN1C(=O)[C@@H]2[C@H](C1=O)[C@H]1C=C[C@@H]2C1. The van der Waals surface area contributed by atoms with E-state index in [-0.39, 0.29) is 42.0 Å². The van der Waals surface area contributed by atoms with Crippen LogP contribution in [0.25, 0.3) is 0 Å². The highest BCUT2D eigenvalue weighted by Gasteiger charge is 2.59. The summed E-state index contributed by atoms with van der Waals surface area (Å²) in [6.45, 7) is 7.09. The maximum absolute atomic E-state index is 13.0. The molecule has 2 aliphatic carbocycles. The Bertz CT molecular complexity index is 988. The van der Waals surface area contributed by atoms with Gasteiger partial charge in [-0.25, -0.2) is 0 Å². The van der Waals surface area contributed by atoms with Gasteiger partial charge >= 0.3 is 0 Å². The molecule has 4 aliphatic rings. The van der Waals surface area contributed by atoms with E-state index in [1.165, 1.54) is 0 Å². The van der Waals surface area contributed by atoms with E-state index in [2.05, 4.69) is 10.2 Å². The fourth-order valence-electron chi connectivity index (χ4n) is 5.70. The first kappa shape index (κ1) is 22.7. The number of carbonyl (C=O) groups excluding carboxylic acids is 3. The number of allylic oxidation sites excluding steroid dienone is 2. The largest absolute Gasteiger partial charge is 0.492 e. The number of nitrogens with one attached hydrogen (secondary N) is 1. The van der Waals surface area contributed by atoms with Crippen molar-refractivity contribution in [2.24, 2.45) is 23.7 Å². The summed E-state index contributed by atoms with van der Waals surface area (Å²) in [7, 11) is 0. The van der Waals surface area contributed by atoms with Crippen LogP contribution in [0.5, 0.6) is 11.5 Å². The number of benzene rings is 1. The number of hydrogen-bond donors (Lipinski definition) is 1. The molecule has 2 saturated heterocycles. The van der Waals surface area contributed by atoms with Gasteiger partial charge in [-0.3, -0.25) is 19.3 Å². The number of nitrogens with zero attached hydrogens (tertiary/aromatic N) is 2. The monoisotopic (exact) mass is 469 g/mol.